The van der Waals surface area contributed by atoms with Gasteiger partial charge in [0.05, 0.1) is 5.54 Å². The maximum atomic E-state index is 6.87. The van der Waals surface area contributed by atoms with Crippen LogP contribution in [0.3, 0.4) is 0 Å². The average Bonchev–Trinajstić information content (AvgIpc) is 2.27. The first-order valence-electron chi connectivity index (χ1n) is 4.67. The highest BCUT2D eigenvalue weighted by atomic mass is 14.8. The van der Waals surface area contributed by atoms with Crippen molar-refractivity contribution in [1.82, 2.24) is 0 Å². The minimum Gasteiger partial charge on any atom is -0.328 e. The van der Waals surface area contributed by atoms with Crippen molar-refractivity contribution in [2.45, 2.75) is 18.4 Å². The van der Waals surface area contributed by atoms with Crippen molar-refractivity contribution in [3.63, 3.8) is 0 Å². The van der Waals surface area contributed by atoms with E-state index in [0.29, 0.717) is 19.4 Å². The molecule has 0 fully saturated rings. The summed E-state index contributed by atoms with van der Waals surface area (Å²) in [5.41, 5.74) is 12.3. The molecule has 0 heterocycles. The Labute approximate surface area is 85.3 Å². The Kier molecular flexibility index (Phi) is 3.70. The summed E-state index contributed by atoms with van der Waals surface area (Å²) in [4.78, 5) is 0. The zero-order valence-electron chi connectivity index (χ0n) is 8.16. The van der Waals surface area contributed by atoms with Gasteiger partial charge in [-0.15, -0.1) is 0 Å². The molecule has 2 nitrogen and oxygen atoms in total. The van der Waals surface area contributed by atoms with Gasteiger partial charge in [0.15, 0.2) is 0 Å². The summed E-state index contributed by atoms with van der Waals surface area (Å²) in [7, 11) is 0. The van der Waals surface area contributed by atoms with Gasteiger partial charge in [0.1, 0.15) is 0 Å². The van der Waals surface area contributed by atoms with Crippen molar-refractivity contribution in [3.8, 4) is 5.92 Å². The van der Waals surface area contributed by atoms with Crippen molar-refractivity contribution in [2.75, 3.05) is 6.54 Å². The van der Waals surface area contributed by atoms with Gasteiger partial charge in [0.2, 0.25) is 0 Å². The summed E-state index contributed by atoms with van der Waals surface area (Å²) >= 11 is 0. The van der Waals surface area contributed by atoms with Gasteiger partial charge in [-0.25, -0.2) is 0 Å². The Balaban J connectivity index is 2.85. The smallest absolute Gasteiger partial charge is 0.0542 e. The molecule has 0 aliphatic heterocycles. The molecule has 73 valence electrons. The van der Waals surface area contributed by atoms with Gasteiger partial charge in [-0.05, 0) is 18.4 Å². The van der Waals surface area contributed by atoms with Crippen LogP contribution in [0.1, 0.15) is 18.4 Å². The molecule has 1 aromatic carbocycles. The third kappa shape index (κ3) is 2.35. The van der Waals surface area contributed by atoms with Gasteiger partial charge in [0, 0.05) is 13.0 Å². The monoisotopic (exact) mass is 187 g/mol. The van der Waals surface area contributed by atoms with Crippen LogP contribution in [0, 0.1) is 12.3 Å². The Bertz CT molecular complexity index is 313. The number of hydrogen-bond acceptors (Lipinski definition) is 2. The van der Waals surface area contributed by atoms with Crippen molar-refractivity contribution in [2.24, 2.45) is 11.5 Å². The number of benzene rings is 1. The predicted octanol–water partition coefficient (Wildman–Crippen LogP) is 1.17. The van der Waals surface area contributed by atoms with Crippen molar-refractivity contribution >= 4 is 0 Å². The molecule has 0 saturated heterocycles. The molecule has 1 atom stereocenters. The van der Waals surface area contributed by atoms with Gasteiger partial charge >= 0.3 is 0 Å². The molecular formula is C12H15N2. The quantitative estimate of drug-likeness (QED) is 0.695. The second-order valence-corrected chi connectivity index (χ2v) is 3.40. The van der Waals surface area contributed by atoms with Crippen molar-refractivity contribution < 1.29 is 0 Å². The number of nitrogens with two attached hydrogens (primary N) is 2. The van der Waals surface area contributed by atoms with Gasteiger partial charge in [-0.3, -0.25) is 0 Å². The SMILES string of the molecule is [C]#CCCC(N)(CN)c1ccccc1. The van der Waals surface area contributed by atoms with Gasteiger partial charge in [0.25, 0.3) is 0 Å². The van der Waals surface area contributed by atoms with Crippen LogP contribution in [0.15, 0.2) is 30.3 Å². The Hall–Kier alpha value is -1.30. The highest BCUT2D eigenvalue weighted by molar-refractivity contribution is 5.24. The van der Waals surface area contributed by atoms with E-state index in [1.54, 1.807) is 0 Å². The van der Waals surface area contributed by atoms with Crippen LogP contribution in [0.25, 0.3) is 0 Å². The van der Waals surface area contributed by atoms with Crippen LogP contribution in [0.4, 0.5) is 0 Å². The molecule has 0 amide bonds. The Morgan fingerprint density at radius 1 is 1.29 bits per heavy atom. The highest BCUT2D eigenvalue weighted by Crippen LogP contribution is 2.21. The molecule has 0 bridgehead atoms. The maximum Gasteiger partial charge on any atom is 0.0542 e. The first-order chi connectivity index (χ1) is 6.73. The lowest BCUT2D eigenvalue weighted by Crippen LogP contribution is -2.43. The lowest BCUT2D eigenvalue weighted by molar-refractivity contribution is 0.426. The summed E-state index contributed by atoms with van der Waals surface area (Å²) in [6.45, 7) is 0.388. The Morgan fingerprint density at radius 3 is 2.43 bits per heavy atom. The molecule has 4 N–H and O–H groups in total. The van der Waals surface area contributed by atoms with E-state index in [-0.39, 0.29) is 0 Å². The molecule has 0 aliphatic carbocycles. The predicted molar refractivity (Wildman–Crippen MR) is 57.7 cm³/mol. The molecule has 1 radical (unpaired) electrons. The first kappa shape index (κ1) is 10.8. The van der Waals surface area contributed by atoms with Crippen LogP contribution in [-0.4, -0.2) is 6.54 Å². The normalized spacial score (nSPS) is 14.4. The summed E-state index contributed by atoms with van der Waals surface area (Å²) in [6.07, 6.45) is 8.08. The van der Waals surface area contributed by atoms with E-state index in [2.05, 4.69) is 5.92 Å². The summed E-state index contributed by atoms with van der Waals surface area (Å²) in [5, 5.41) is 0. The van der Waals surface area contributed by atoms with Crippen LogP contribution in [-0.2, 0) is 5.54 Å². The fourth-order valence-corrected chi connectivity index (χ4v) is 1.42. The molecule has 0 spiro atoms. The first-order valence-corrected chi connectivity index (χ1v) is 4.67. The van der Waals surface area contributed by atoms with Crippen LogP contribution < -0.4 is 11.5 Å². The van der Waals surface area contributed by atoms with E-state index in [0.717, 1.165) is 5.56 Å². The molecule has 1 unspecified atom stereocenters. The Morgan fingerprint density at radius 2 is 1.93 bits per heavy atom. The second kappa shape index (κ2) is 4.80. The van der Waals surface area contributed by atoms with Crippen LogP contribution in [0.2, 0.25) is 0 Å². The summed E-state index contributed by atoms with van der Waals surface area (Å²) in [6, 6.07) is 9.78. The second-order valence-electron chi connectivity index (χ2n) is 3.40. The number of hydrogen-bond donors (Lipinski definition) is 2. The van der Waals surface area contributed by atoms with E-state index >= 15 is 0 Å². The molecular weight excluding hydrogens is 172 g/mol. The largest absolute Gasteiger partial charge is 0.328 e. The minimum atomic E-state index is -0.519. The van der Waals surface area contributed by atoms with E-state index in [1.165, 1.54) is 0 Å². The molecule has 0 saturated carbocycles. The zero-order valence-corrected chi connectivity index (χ0v) is 8.16. The fourth-order valence-electron chi connectivity index (χ4n) is 1.42. The topological polar surface area (TPSA) is 52.0 Å². The van der Waals surface area contributed by atoms with E-state index < -0.39 is 5.54 Å². The standard InChI is InChI=1S/C12H15N2/c1-2-3-9-12(14,10-13)11-7-5-4-6-8-11/h4-8H,3,9-10,13-14H2. The highest BCUT2D eigenvalue weighted by Gasteiger charge is 2.24. The van der Waals surface area contributed by atoms with Crippen molar-refractivity contribution in [3.05, 3.63) is 42.3 Å². The maximum absolute atomic E-state index is 6.87. The summed E-state index contributed by atoms with van der Waals surface area (Å²) < 4.78 is 0. The fraction of sp³-hybridized carbons (Fsp3) is 0.333. The average molecular weight is 187 g/mol. The molecule has 0 aromatic heterocycles. The molecule has 1 aromatic rings. The lowest BCUT2D eigenvalue weighted by atomic mass is 9.87. The van der Waals surface area contributed by atoms with Gasteiger partial charge in [-0.1, -0.05) is 36.3 Å². The van der Waals surface area contributed by atoms with E-state index in [1.807, 2.05) is 30.3 Å². The lowest BCUT2D eigenvalue weighted by Gasteiger charge is -2.27. The molecule has 14 heavy (non-hydrogen) atoms. The molecule has 1 rings (SSSR count). The van der Waals surface area contributed by atoms with Crippen LogP contribution in [0.5, 0.6) is 0 Å². The van der Waals surface area contributed by atoms with Crippen LogP contribution >= 0.6 is 0 Å². The third-order valence-corrected chi connectivity index (χ3v) is 2.41. The number of rotatable bonds is 4. The molecule has 2 heteroatoms. The summed E-state index contributed by atoms with van der Waals surface area (Å²) in [5.74, 6) is 2.34. The molecule has 0 aliphatic rings. The van der Waals surface area contributed by atoms with Crippen molar-refractivity contribution in [1.29, 1.82) is 0 Å². The zero-order chi connectivity index (χ0) is 10.4. The van der Waals surface area contributed by atoms with Gasteiger partial charge < -0.3 is 11.5 Å². The minimum absolute atomic E-state index is 0.388. The van der Waals surface area contributed by atoms with Gasteiger partial charge in [-0.2, -0.15) is 0 Å². The third-order valence-electron chi connectivity index (χ3n) is 2.41. The van der Waals surface area contributed by atoms with E-state index in [9.17, 15) is 0 Å². The van der Waals surface area contributed by atoms with E-state index in [4.69, 9.17) is 17.9 Å².